The Balaban J connectivity index is 1.19. The van der Waals surface area contributed by atoms with Gasteiger partial charge in [-0.15, -0.1) is 0 Å². The van der Waals surface area contributed by atoms with E-state index in [-0.39, 0.29) is 24.4 Å². The van der Waals surface area contributed by atoms with Crippen molar-refractivity contribution in [2.75, 3.05) is 5.32 Å². The van der Waals surface area contributed by atoms with E-state index in [1.54, 1.807) is 49.0 Å². The number of pyridine rings is 2. The van der Waals surface area contributed by atoms with Gasteiger partial charge < -0.3 is 20.3 Å². The van der Waals surface area contributed by atoms with E-state index in [1.807, 2.05) is 6.07 Å². The molecule has 214 valence electrons. The number of aliphatic hydroxyl groups is 1. The van der Waals surface area contributed by atoms with Crippen LogP contribution in [0.4, 0.5) is 14.6 Å². The van der Waals surface area contributed by atoms with Gasteiger partial charge in [0.2, 0.25) is 5.91 Å². The third-order valence-corrected chi connectivity index (χ3v) is 8.75. The first-order valence-corrected chi connectivity index (χ1v) is 13.8. The van der Waals surface area contributed by atoms with Gasteiger partial charge in [-0.1, -0.05) is 18.2 Å². The second-order valence-corrected chi connectivity index (χ2v) is 11.9. The molecule has 3 atom stereocenters. The van der Waals surface area contributed by atoms with Crippen LogP contribution >= 0.6 is 0 Å². The van der Waals surface area contributed by atoms with Crippen LogP contribution in [0, 0.1) is 11.6 Å². The van der Waals surface area contributed by atoms with Crippen LogP contribution in [0.3, 0.4) is 0 Å². The summed E-state index contributed by atoms with van der Waals surface area (Å²) in [5.41, 5.74) is 1.35. The number of halogens is 2. The van der Waals surface area contributed by atoms with Gasteiger partial charge in [-0.2, -0.15) is 0 Å². The van der Waals surface area contributed by atoms with E-state index in [4.69, 9.17) is 0 Å². The Kier molecular flexibility index (Phi) is 5.81. The largest absolute Gasteiger partial charge is 0.384 e. The molecule has 0 radical (unpaired) electrons. The van der Waals surface area contributed by atoms with Crippen LogP contribution in [0.5, 0.6) is 0 Å². The number of rotatable bonds is 4. The summed E-state index contributed by atoms with van der Waals surface area (Å²) in [5, 5.41) is 16.7. The lowest BCUT2D eigenvalue weighted by atomic mass is 9.80. The molecule has 1 unspecified atom stereocenters. The number of carbonyl (C=O) groups is 2. The number of aromatic nitrogens is 4. The number of anilines is 1. The quantitative estimate of drug-likeness (QED) is 0.343. The molecule has 5 heterocycles. The van der Waals surface area contributed by atoms with Crippen LogP contribution in [-0.4, -0.2) is 36.4 Å². The number of imidazole rings is 1. The van der Waals surface area contributed by atoms with Crippen LogP contribution < -0.4 is 10.6 Å². The van der Waals surface area contributed by atoms with Gasteiger partial charge in [-0.05, 0) is 56.0 Å². The second kappa shape index (κ2) is 9.25. The maximum absolute atomic E-state index is 14.9. The summed E-state index contributed by atoms with van der Waals surface area (Å²) in [7, 11) is 0. The molecule has 7 rings (SSSR count). The van der Waals surface area contributed by atoms with Gasteiger partial charge in [-0.25, -0.2) is 18.7 Å². The molecule has 2 aliphatic heterocycles. The number of nitrogens with one attached hydrogen (secondary N) is 2. The summed E-state index contributed by atoms with van der Waals surface area (Å²) >= 11 is 0. The number of benzene rings is 1. The molecule has 3 aromatic heterocycles. The van der Waals surface area contributed by atoms with E-state index in [9.17, 15) is 23.5 Å². The molecule has 0 saturated heterocycles. The highest BCUT2D eigenvalue weighted by Gasteiger charge is 2.51. The Morgan fingerprint density at radius 1 is 1.14 bits per heavy atom. The fourth-order valence-corrected chi connectivity index (χ4v) is 6.70. The third kappa shape index (κ3) is 4.02. The van der Waals surface area contributed by atoms with Crippen molar-refractivity contribution >= 4 is 17.6 Å². The van der Waals surface area contributed by atoms with Crippen molar-refractivity contribution in [2.24, 2.45) is 0 Å². The molecule has 0 saturated carbocycles. The van der Waals surface area contributed by atoms with Crippen molar-refractivity contribution in [3.05, 3.63) is 106 Å². The van der Waals surface area contributed by atoms with E-state index in [0.717, 1.165) is 22.9 Å². The van der Waals surface area contributed by atoms with Crippen LogP contribution in [0.25, 0.3) is 0 Å². The normalized spacial score (nSPS) is 22.5. The maximum Gasteiger partial charge on any atom is 0.253 e. The van der Waals surface area contributed by atoms with Gasteiger partial charge in [0, 0.05) is 42.5 Å². The van der Waals surface area contributed by atoms with Crippen molar-refractivity contribution < 1.29 is 23.5 Å². The first-order chi connectivity index (χ1) is 20.0. The Bertz CT molecular complexity index is 1780. The molecule has 4 aromatic rings. The minimum absolute atomic E-state index is 0.132. The Hall–Kier alpha value is -4.51. The van der Waals surface area contributed by atoms with E-state index in [2.05, 4.69) is 25.6 Å². The molecule has 0 fully saturated rings. The standard InChI is InChI=1S/C31H28F2N6O3/c1-30(2,42)24-14-36-27-22(10-18(15-39(24)27)19-5-3-7-21(32)25(19)33)37-28(40)17-9-16-11-31(12-23(16)35-13-17)20-6-4-8-34-26(20)38-29(31)41/h3-9,13-14,18,22,42H,10-12,15H2,1-2H3,(H,37,40)(H,34,38,41)/t18-,22+,31?/m1/s1. The lowest BCUT2D eigenvalue weighted by Gasteiger charge is -2.33. The number of hydrogen-bond acceptors (Lipinski definition) is 6. The molecule has 9 nitrogen and oxygen atoms in total. The highest BCUT2D eigenvalue weighted by Crippen LogP contribution is 2.46. The monoisotopic (exact) mass is 570 g/mol. The van der Waals surface area contributed by atoms with Crippen molar-refractivity contribution in [1.82, 2.24) is 24.8 Å². The number of nitrogens with zero attached hydrogens (tertiary/aromatic N) is 4. The van der Waals surface area contributed by atoms with Crippen LogP contribution in [0.15, 0.2) is 55.0 Å². The predicted octanol–water partition coefficient (Wildman–Crippen LogP) is 3.83. The molecule has 3 aliphatic rings. The summed E-state index contributed by atoms with van der Waals surface area (Å²) in [6.45, 7) is 3.51. The summed E-state index contributed by atoms with van der Waals surface area (Å²) in [6.07, 6.45) is 5.76. The van der Waals surface area contributed by atoms with Crippen molar-refractivity contribution in [1.29, 1.82) is 0 Å². The molecule has 3 N–H and O–H groups in total. The van der Waals surface area contributed by atoms with E-state index in [0.29, 0.717) is 35.7 Å². The van der Waals surface area contributed by atoms with Crippen LogP contribution in [0.1, 0.15) is 76.5 Å². The molecule has 1 aromatic carbocycles. The summed E-state index contributed by atoms with van der Waals surface area (Å²) < 4.78 is 30.8. The number of amides is 2. The smallest absolute Gasteiger partial charge is 0.253 e. The van der Waals surface area contributed by atoms with Gasteiger partial charge in [-0.3, -0.25) is 14.6 Å². The molecule has 42 heavy (non-hydrogen) atoms. The maximum atomic E-state index is 14.9. The molecular weight excluding hydrogens is 542 g/mol. The number of carbonyl (C=O) groups excluding carboxylic acids is 2. The molecule has 2 amide bonds. The second-order valence-electron chi connectivity index (χ2n) is 11.9. The molecular formula is C31H28F2N6O3. The number of hydrogen-bond donors (Lipinski definition) is 3. The zero-order valence-electron chi connectivity index (χ0n) is 23.0. The molecule has 1 spiro atoms. The fourth-order valence-electron chi connectivity index (χ4n) is 6.70. The van der Waals surface area contributed by atoms with Crippen molar-refractivity contribution in [3.8, 4) is 0 Å². The summed E-state index contributed by atoms with van der Waals surface area (Å²) in [5.74, 6) is -1.82. The minimum atomic E-state index is -1.25. The fraction of sp³-hybridized carbons (Fsp3) is 0.323. The van der Waals surface area contributed by atoms with Gasteiger partial charge in [0.15, 0.2) is 11.6 Å². The van der Waals surface area contributed by atoms with Gasteiger partial charge in [0.05, 0.1) is 28.9 Å². The minimum Gasteiger partial charge on any atom is -0.384 e. The SMILES string of the molecule is CC(C)(O)c1cnc2n1C[C@H](c1cccc(F)c1F)C[C@@H]2NC(=O)c1cnc2c(c1)CC1(C2)C(=O)Nc2ncccc21. The summed E-state index contributed by atoms with van der Waals surface area (Å²) in [4.78, 5) is 40.0. The van der Waals surface area contributed by atoms with Gasteiger partial charge in [0.25, 0.3) is 5.91 Å². The highest BCUT2D eigenvalue weighted by molar-refractivity contribution is 6.06. The molecule has 0 bridgehead atoms. The van der Waals surface area contributed by atoms with E-state index >= 15 is 0 Å². The van der Waals surface area contributed by atoms with E-state index < -0.39 is 40.5 Å². The first-order valence-electron chi connectivity index (χ1n) is 13.8. The Labute approximate surface area is 240 Å². The van der Waals surface area contributed by atoms with Gasteiger partial charge >= 0.3 is 0 Å². The molecule has 11 heteroatoms. The average molecular weight is 571 g/mol. The van der Waals surface area contributed by atoms with Crippen molar-refractivity contribution in [2.45, 2.75) is 62.6 Å². The third-order valence-electron chi connectivity index (χ3n) is 8.75. The summed E-state index contributed by atoms with van der Waals surface area (Å²) in [6, 6.07) is 8.88. The zero-order chi connectivity index (χ0) is 29.4. The van der Waals surface area contributed by atoms with Crippen LogP contribution in [0.2, 0.25) is 0 Å². The predicted molar refractivity (Wildman–Crippen MR) is 148 cm³/mol. The lowest BCUT2D eigenvalue weighted by molar-refractivity contribution is -0.120. The Morgan fingerprint density at radius 3 is 2.79 bits per heavy atom. The van der Waals surface area contributed by atoms with Crippen molar-refractivity contribution in [3.63, 3.8) is 0 Å². The number of fused-ring (bicyclic) bond motifs is 4. The lowest BCUT2D eigenvalue weighted by Crippen LogP contribution is -2.37. The topological polar surface area (TPSA) is 122 Å². The van der Waals surface area contributed by atoms with E-state index in [1.165, 1.54) is 12.3 Å². The average Bonchev–Trinajstić information content (AvgIpc) is 3.64. The Morgan fingerprint density at radius 2 is 1.98 bits per heavy atom. The van der Waals surface area contributed by atoms with Crippen LogP contribution in [-0.2, 0) is 35.2 Å². The van der Waals surface area contributed by atoms with Gasteiger partial charge in [0.1, 0.15) is 17.2 Å². The molecule has 1 aliphatic carbocycles. The highest BCUT2D eigenvalue weighted by atomic mass is 19.2. The first kappa shape index (κ1) is 26.4. The zero-order valence-corrected chi connectivity index (χ0v) is 23.0.